The van der Waals surface area contributed by atoms with Crippen LogP contribution >= 0.6 is 24.0 Å². The second-order valence-electron chi connectivity index (χ2n) is 5.46. The Balaban J connectivity index is 0.00000242. The van der Waals surface area contributed by atoms with Crippen LogP contribution in [0, 0.1) is 0 Å². The summed E-state index contributed by atoms with van der Waals surface area (Å²) >= 11 is 0. The third-order valence-corrected chi connectivity index (χ3v) is 3.69. The number of hydrogen-bond donors (Lipinski definition) is 2. The minimum Gasteiger partial charge on any atom is -0.352 e. The van der Waals surface area contributed by atoms with Crippen LogP contribution in [-0.2, 0) is 6.54 Å². The number of rotatable bonds is 5. The molecule has 5 nitrogen and oxygen atoms in total. The summed E-state index contributed by atoms with van der Waals surface area (Å²) in [7, 11) is 2.02. The van der Waals surface area contributed by atoms with Crippen LogP contribution in [0.1, 0.15) is 36.2 Å². The molecule has 22 heavy (non-hydrogen) atoms. The second-order valence-corrected chi connectivity index (χ2v) is 5.46. The Hall–Kier alpha value is -1.31. The molecule has 0 spiro atoms. The lowest BCUT2D eigenvalue weighted by atomic mass is 10.1. The lowest BCUT2D eigenvalue weighted by Crippen LogP contribution is -2.35. The summed E-state index contributed by atoms with van der Waals surface area (Å²) in [5, 5.41) is 6.30. The molecule has 1 atom stereocenters. The lowest BCUT2D eigenvalue weighted by molar-refractivity contribution is 0.0939. The van der Waals surface area contributed by atoms with E-state index in [-0.39, 0.29) is 35.9 Å². The lowest BCUT2D eigenvalue weighted by Gasteiger charge is -2.16. The maximum Gasteiger partial charge on any atom is 0.251 e. The molecule has 0 aromatic heterocycles. The zero-order chi connectivity index (χ0) is 15.2. The number of carbonyl (C=O) groups is 1. The Kier molecular flexibility index (Phi) is 7.64. The quantitative estimate of drug-likeness (QED) is 0.724. The molecular weight excluding hydrogens is 391 g/mol. The van der Waals surface area contributed by atoms with Crippen molar-refractivity contribution in [3.8, 4) is 0 Å². The van der Waals surface area contributed by atoms with E-state index in [1.807, 2.05) is 38.2 Å². The third-order valence-electron chi connectivity index (χ3n) is 3.69. The van der Waals surface area contributed by atoms with Gasteiger partial charge in [-0.15, -0.1) is 24.0 Å². The molecule has 0 saturated carbocycles. The number of likely N-dealkylation sites (N-methyl/N-ethyl adjacent to an activating group) is 1. The zero-order valence-corrected chi connectivity index (χ0v) is 15.8. The fourth-order valence-electron chi connectivity index (χ4n) is 2.14. The van der Waals surface area contributed by atoms with Gasteiger partial charge in [0, 0.05) is 31.7 Å². The van der Waals surface area contributed by atoms with Crippen molar-refractivity contribution in [3.05, 3.63) is 35.4 Å². The summed E-state index contributed by atoms with van der Waals surface area (Å²) in [5.74, 6) is 0.908. The smallest absolute Gasteiger partial charge is 0.251 e. The molecule has 1 aromatic rings. The van der Waals surface area contributed by atoms with Gasteiger partial charge in [0.05, 0.1) is 6.54 Å². The molecule has 0 aliphatic carbocycles. The summed E-state index contributed by atoms with van der Waals surface area (Å²) in [4.78, 5) is 18.6. The normalized spacial score (nSPS) is 14.9. The predicted octanol–water partition coefficient (Wildman–Crippen LogP) is 2.22. The first-order chi connectivity index (χ1) is 10.1. The number of nitrogens with zero attached hydrogens (tertiary/aromatic N) is 2. The first-order valence-corrected chi connectivity index (χ1v) is 7.49. The van der Waals surface area contributed by atoms with Gasteiger partial charge in [-0.1, -0.05) is 19.1 Å². The average Bonchev–Trinajstić information content (AvgIpc) is 2.90. The van der Waals surface area contributed by atoms with Crippen LogP contribution in [0.5, 0.6) is 0 Å². The molecule has 0 saturated heterocycles. The molecule has 1 aromatic carbocycles. The van der Waals surface area contributed by atoms with Crippen LogP contribution in [0.2, 0.25) is 0 Å². The highest BCUT2D eigenvalue weighted by Crippen LogP contribution is 2.07. The summed E-state index contributed by atoms with van der Waals surface area (Å²) < 4.78 is 0. The van der Waals surface area contributed by atoms with Crippen molar-refractivity contribution < 1.29 is 4.79 Å². The summed E-state index contributed by atoms with van der Waals surface area (Å²) in [5.41, 5.74) is 1.78. The highest BCUT2D eigenvalue weighted by Gasteiger charge is 2.12. The Morgan fingerprint density at radius 3 is 2.86 bits per heavy atom. The molecule has 6 heteroatoms. The maximum atomic E-state index is 12.1. The number of nitrogens with one attached hydrogen (secondary N) is 2. The molecule has 2 N–H and O–H groups in total. The van der Waals surface area contributed by atoms with E-state index in [0.29, 0.717) is 12.1 Å². The van der Waals surface area contributed by atoms with Gasteiger partial charge >= 0.3 is 0 Å². The topological polar surface area (TPSA) is 56.7 Å². The van der Waals surface area contributed by atoms with E-state index in [1.165, 1.54) is 0 Å². The molecule has 2 rings (SSSR count). The summed E-state index contributed by atoms with van der Waals surface area (Å²) in [6, 6.07) is 7.91. The number of hydrogen-bond acceptors (Lipinski definition) is 4. The SMILES string of the molecule is CCC(C)NC(=O)c1cccc(CNC2=NCCN2C)c1.I. The van der Waals surface area contributed by atoms with E-state index in [1.54, 1.807) is 0 Å². The number of aliphatic imine (C=N–C) groups is 1. The number of guanidine groups is 1. The fourth-order valence-corrected chi connectivity index (χ4v) is 2.14. The maximum absolute atomic E-state index is 12.1. The molecule has 1 aliphatic heterocycles. The summed E-state index contributed by atoms with van der Waals surface area (Å²) in [6.07, 6.45) is 0.930. The van der Waals surface area contributed by atoms with Crippen molar-refractivity contribution in [2.45, 2.75) is 32.9 Å². The van der Waals surface area contributed by atoms with Gasteiger partial charge in [-0.2, -0.15) is 0 Å². The van der Waals surface area contributed by atoms with Gasteiger partial charge in [-0.25, -0.2) is 0 Å². The van der Waals surface area contributed by atoms with Crippen LogP contribution < -0.4 is 10.6 Å². The fraction of sp³-hybridized carbons (Fsp3) is 0.500. The van der Waals surface area contributed by atoms with Gasteiger partial charge in [0.15, 0.2) is 5.96 Å². The Bertz CT molecular complexity index is 533. The van der Waals surface area contributed by atoms with E-state index in [0.717, 1.165) is 31.0 Å². The standard InChI is InChI=1S/C16H24N4O.HI/c1-4-12(2)19-15(21)14-7-5-6-13(10-14)11-18-16-17-8-9-20(16)3;/h5-7,10,12H,4,8-9,11H2,1-3H3,(H,17,18)(H,19,21);1H. The van der Waals surface area contributed by atoms with Crippen molar-refractivity contribution in [1.29, 1.82) is 0 Å². The van der Waals surface area contributed by atoms with Gasteiger partial charge in [0.1, 0.15) is 0 Å². The van der Waals surface area contributed by atoms with Gasteiger partial charge in [-0.05, 0) is 31.0 Å². The van der Waals surface area contributed by atoms with Crippen LogP contribution in [0.3, 0.4) is 0 Å². The van der Waals surface area contributed by atoms with Crippen LogP contribution in [0.4, 0.5) is 0 Å². The first-order valence-electron chi connectivity index (χ1n) is 7.49. The van der Waals surface area contributed by atoms with Crippen LogP contribution in [-0.4, -0.2) is 42.9 Å². The number of carbonyl (C=O) groups excluding carboxylic acids is 1. The molecule has 1 aliphatic rings. The predicted molar refractivity (Wildman–Crippen MR) is 101 cm³/mol. The molecule has 122 valence electrons. The molecule has 1 heterocycles. The minimum absolute atomic E-state index is 0. The molecule has 0 bridgehead atoms. The number of benzene rings is 1. The molecular formula is C16H25IN4O. The highest BCUT2D eigenvalue weighted by atomic mass is 127. The van der Waals surface area contributed by atoms with E-state index in [9.17, 15) is 4.79 Å². The molecule has 1 unspecified atom stereocenters. The van der Waals surface area contributed by atoms with Crippen molar-refractivity contribution in [2.75, 3.05) is 20.1 Å². The van der Waals surface area contributed by atoms with E-state index in [4.69, 9.17) is 0 Å². The van der Waals surface area contributed by atoms with Crippen molar-refractivity contribution in [3.63, 3.8) is 0 Å². The highest BCUT2D eigenvalue weighted by molar-refractivity contribution is 14.0. The van der Waals surface area contributed by atoms with E-state index < -0.39 is 0 Å². The average molecular weight is 416 g/mol. The molecule has 1 amide bonds. The molecule has 0 radical (unpaired) electrons. The summed E-state index contributed by atoms with van der Waals surface area (Å²) in [6.45, 7) is 6.55. The number of halogens is 1. The Labute approximate surface area is 149 Å². The largest absolute Gasteiger partial charge is 0.352 e. The Morgan fingerprint density at radius 2 is 2.23 bits per heavy atom. The van der Waals surface area contributed by atoms with Crippen LogP contribution in [0.15, 0.2) is 29.3 Å². The van der Waals surface area contributed by atoms with Crippen molar-refractivity contribution in [2.24, 2.45) is 4.99 Å². The van der Waals surface area contributed by atoms with Gasteiger partial charge in [0.25, 0.3) is 5.91 Å². The molecule has 0 fully saturated rings. The van der Waals surface area contributed by atoms with E-state index >= 15 is 0 Å². The van der Waals surface area contributed by atoms with Crippen LogP contribution in [0.25, 0.3) is 0 Å². The van der Waals surface area contributed by atoms with Gasteiger partial charge in [0.2, 0.25) is 0 Å². The number of amides is 1. The van der Waals surface area contributed by atoms with Crippen molar-refractivity contribution >= 4 is 35.8 Å². The first kappa shape index (κ1) is 18.7. The third kappa shape index (κ3) is 5.15. The van der Waals surface area contributed by atoms with Crippen molar-refractivity contribution in [1.82, 2.24) is 15.5 Å². The second kappa shape index (κ2) is 8.97. The zero-order valence-electron chi connectivity index (χ0n) is 13.4. The monoisotopic (exact) mass is 416 g/mol. The Morgan fingerprint density at radius 1 is 1.45 bits per heavy atom. The van der Waals surface area contributed by atoms with Gasteiger partial charge in [-0.3, -0.25) is 9.79 Å². The van der Waals surface area contributed by atoms with E-state index in [2.05, 4.69) is 27.4 Å². The van der Waals surface area contributed by atoms with Gasteiger partial charge < -0.3 is 15.5 Å². The minimum atomic E-state index is -0.0125.